The first kappa shape index (κ1) is 96.4. The molecule has 12 heteroatoms. The van der Waals surface area contributed by atoms with Crippen LogP contribution in [0.5, 0.6) is 0 Å². The van der Waals surface area contributed by atoms with Crippen LogP contribution in [-0.4, -0.2) is 53.6 Å². The predicted molar refractivity (Wildman–Crippen MR) is 558 cm³/mol. The van der Waals surface area contributed by atoms with Crippen molar-refractivity contribution in [3.63, 3.8) is 0 Å². The summed E-state index contributed by atoms with van der Waals surface area (Å²) < 4.78 is 2.98. The van der Waals surface area contributed by atoms with Crippen LogP contribution in [0, 0.1) is 12.3 Å². The Morgan fingerprint density at radius 3 is 0.395 bits per heavy atom. The van der Waals surface area contributed by atoms with E-state index >= 15 is 0 Å². The molecule has 0 nitrogen and oxygen atoms in total. The zero-order valence-corrected chi connectivity index (χ0v) is 82.1. The largest absolute Gasteiger partial charge is 0.0622 e. The van der Waals surface area contributed by atoms with Crippen LogP contribution >= 0.6 is 82.8 Å². The third kappa shape index (κ3) is 31.9. The van der Waals surface area contributed by atoms with Crippen molar-refractivity contribution in [3.8, 4) is 5.92 Å². The molecular weight excluding hydrogens is 1870 g/mol. The van der Waals surface area contributed by atoms with Crippen molar-refractivity contribution in [2.75, 3.05) is 49.3 Å². The maximum absolute atomic E-state index is 6.75. The van der Waals surface area contributed by atoms with E-state index in [-0.39, 0.29) is 79.1 Å². The van der Waals surface area contributed by atoms with Gasteiger partial charge in [0.05, 0.1) is 0 Å². The molecule has 16 rings (SSSR count). The molecule has 0 saturated heterocycles. The minimum absolute atomic E-state index is 0.270. The molecule has 16 aromatic carbocycles. The minimum Gasteiger partial charge on any atom is -0.0622 e. The topological polar surface area (TPSA) is 0 Å². The van der Waals surface area contributed by atoms with Crippen LogP contribution in [0.3, 0.4) is 0 Å². The minimum atomic E-state index is -0.348. The number of halogens is 2. The monoisotopic (exact) mass is 1970 g/mol. The van der Waals surface area contributed by atoms with Crippen molar-refractivity contribution in [1.29, 1.82) is 0 Å². The summed E-state index contributed by atoms with van der Waals surface area (Å²) in [6, 6.07) is 177. The predicted octanol–water partition coefficient (Wildman–Crippen LogP) is 23.8. The third-order valence-electron chi connectivity index (χ3n) is 20.1. The van der Waals surface area contributed by atoms with Gasteiger partial charge in [0.25, 0.3) is 0 Å². The summed E-state index contributed by atoms with van der Waals surface area (Å²) in [6.45, 7) is 3.74. The second-order valence-corrected chi connectivity index (χ2v) is 48.6. The van der Waals surface area contributed by atoms with Crippen molar-refractivity contribution in [2.24, 2.45) is 0 Å². The van der Waals surface area contributed by atoms with Gasteiger partial charge < -0.3 is 0 Å². The summed E-state index contributed by atoms with van der Waals surface area (Å²) >= 11 is 1.55. The first-order valence-corrected chi connectivity index (χ1v) is 59.0. The Morgan fingerprint density at radius 2 is 0.315 bits per heavy atom. The third-order valence-corrected chi connectivity index (χ3v) is 42.8. The average Bonchev–Trinajstić information content (AvgIpc) is 0.831. The molecule has 0 aromatic heterocycles. The van der Waals surface area contributed by atoms with Gasteiger partial charge in [-0.15, -0.1) is 0 Å². The molecule has 0 aliphatic rings. The molecule has 0 amide bonds. The molecule has 0 spiro atoms. The summed E-state index contributed by atoms with van der Waals surface area (Å²) in [5.74, 6) is 2.27. The van der Waals surface area contributed by atoms with Crippen LogP contribution in [0.15, 0.2) is 503 Å². The molecule has 0 N–H and O–H groups in total. The van der Waals surface area contributed by atoms with Gasteiger partial charge >= 0.3 is 100 Å². The molecule has 124 heavy (non-hydrogen) atoms. The van der Waals surface area contributed by atoms with Gasteiger partial charge in [0.1, 0.15) is 0 Å². The Balaban J connectivity index is 0.000000154. The van der Waals surface area contributed by atoms with Crippen molar-refractivity contribution in [1.82, 2.24) is 0 Å². The van der Waals surface area contributed by atoms with E-state index in [2.05, 4.69) is 505 Å². The van der Waals surface area contributed by atoms with Crippen molar-refractivity contribution in [2.45, 2.75) is 13.8 Å². The Morgan fingerprint density at radius 1 is 0.218 bits per heavy atom. The number of allylic oxidation sites excluding steroid dienone is 3. The maximum Gasteiger partial charge on any atom is -0.0195 e. The van der Waals surface area contributed by atoms with Crippen molar-refractivity contribution >= 4 is 172 Å². The second kappa shape index (κ2) is 56.7. The molecular formula is C112H103Cl2P8Ru2. The van der Waals surface area contributed by atoms with Gasteiger partial charge in [-0.1, -0.05) is 485 Å². The normalized spacial score (nSPS) is 10.9. The summed E-state index contributed by atoms with van der Waals surface area (Å²) in [5, 5.41) is 23.6. The Hall–Kier alpha value is -8.26. The zero-order valence-electron chi connectivity index (χ0n) is 70.0. The molecule has 0 fully saturated rings. The summed E-state index contributed by atoms with van der Waals surface area (Å²) in [7, 11) is 7.27. The summed E-state index contributed by atoms with van der Waals surface area (Å²) in [4.78, 5) is 0. The first-order valence-electron chi connectivity index (χ1n) is 41.4. The van der Waals surface area contributed by atoms with E-state index in [0.29, 0.717) is 0 Å². The van der Waals surface area contributed by atoms with Crippen LogP contribution in [0.4, 0.5) is 0 Å². The smallest absolute Gasteiger partial charge is 0.0195 e. The van der Waals surface area contributed by atoms with Crippen LogP contribution in [0.25, 0.3) is 0 Å². The molecule has 0 radical (unpaired) electrons. The van der Waals surface area contributed by atoms with Crippen LogP contribution in [0.2, 0.25) is 0 Å². The van der Waals surface area contributed by atoms with Crippen LogP contribution in [-0.2, 0) is 33.0 Å². The van der Waals surface area contributed by atoms with E-state index in [1.165, 1.54) is 134 Å². The first-order chi connectivity index (χ1) is 61.4. The quantitative estimate of drug-likeness (QED) is 0.0144. The molecule has 621 valence electrons. The van der Waals surface area contributed by atoms with Gasteiger partial charge in [-0.3, -0.25) is 0 Å². The molecule has 0 unspecified atom stereocenters. The maximum atomic E-state index is 6.75. The van der Waals surface area contributed by atoms with Gasteiger partial charge in [-0.2, -0.15) is 0 Å². The molecule has 0 heterocycles. The van der Waals surface area contributed by atoms with E-state index in [0.717, 1.165) is 11.1 Å². The van der Waals surface area contributed by atoms with Gasteiger partial charge in [0, 0.05) is 0 Å². The van der Waals surface area contributed by atoms with E-state index in [4.69, 9.17) is 16.1 Å². The summed E-state index contributed by atoms with van der Waals surface area (Å²) in [6.07, 6.45) is 18.2. The standard InChI is InChI=1S/4C26H24P2.C8H7.2ClH.2Ru/c4*1-5-13-23(14-6-1)27(24-15-7-2-8-16-24)21-22-28(25-17-9-3-10-18-25)26-19-11-4-12-20-26;1-5-8(4)6-7(2)3;;;;/h4*1-20H,21-22H2;6H,2,4H3;2*1H;;/q;;;;-1;;;+1;+2/p-2/b;;;;8-6+;;;;. The van der Waals surface area contributed by atoms with E-state index in [1.54, 1.807) is 0 Å². The fraction of sp³-hybridized carbons (Fsp3) is 0.0893. The van der Waals surface area contributed by atoms with Crippen molar-refractivity contribution < 1.29 is 33.0 Å². The Kier molecular flexibility index (Phi) is 44.1. The Labute approximate surface area is 775 Å². The van der Waals surface area contributed by atoms with Crippen LogP contribution in [0.1, 0.15) is 13.8 Å². The molecule has 0 atom stereocenters. The van der Waals surface area contributed by atoms with Gasteiger partial charge in [-0.05, 0) is 198 Å². The van der Waals surface area contributed by atoms with Gasteiger partial charge in [0.15, 0.2) is 0 Å². The fourth-order valence-corrected chi connectivity index (χ4v) is 36.7. The fourth-order valence-electron chi connectivity index (χ4n) is 14.2. The van der Waals surface area contributed by atoms with E-state index < -0.39 is 0 Å². The van der Waals surface area contributed by atoms with Gasteiger partial charge in [-0.25, -0.2) is 0 Å². The molecule has 0 aliphatic carbocycles. The number of hydrogen-bond donors (Lipinski definition) is 0. The second-order valence-electron chi connectivity index (χ2n) is 28.4. The number of benzene rings is 16. The Bertz CT molecular complexity index is 4370. The molecule has 16 aromatic rings. The molecule has 0 bridgehead atoms. The SMILES string of the molecule is [C-]#C/C(C)=C/C(C)=[C]=[Ru][Cl].[Cl][Ru+].c1ccc(P(CCP(c2ccccc2)c2ccccc2)c2ccccc2)cc1.c1ccc(P(CCP(c2ccccc2)c2ccccc2)c2ccccc2)cc1.c1ccc(P(CCP(c2ccccc2)c2ccccc2)c2ccccc2)cc1.c1ccc(P(CCP(c2ccccc2)c2ccccc2)c2ccccc2)cc1. The van der Waals surface area contributed by atoms with Crippen molar-refractivity contribution in [3.05, 3.63) is 509 Å². The van der Waals surface area contributed by atoms with Crippen LogP contribution < -0.4 is 84.9 Å². The zero-order chi connectivity index (χ0) is 86.1. The van der Waals surface area contributed by atoms with E-state index in [9.17, 15) is 0 Å². The number of hydrogen-bond acceptors (Lipinski definition) is 0. The number of rotatable bonds is 29. The molecule has 0 aliphatic heterocycles. The summed E-state index contributed by atoms with van der Waals surface area (Å²) in [5.41, 5.74) is 1.79. The van der Waals surface area contributed by atoms with Gasteiger partial charge in [0.2, 0.25) is 0 Å². The van der Waals surface area contributed by atoms with E-state index in [1.807, 2.05) is 37.2 Å². The average molecular weight is 1970 g/mol. The molecule has 0 saturated carbocycles.